The van der Waals surface area contributed by atoms with E-state index in [0.29, 0.717) is 28.4 Å². The van der Waals surface area contributed by atoms with Gasteiger partial charge in [-0.1, -0.05) is 23.2 Å². The van der Waals surface area contributed by atoms with Crippen LogP contribution in [0, 0.1) is 0 Å². The molecule has 1 atom stereocenters. The van der Waals surface area contributed by atoms with E-state index in [-0.39, 0.29) is 36.0 Å². The van der Waals surface area contributed by atoms with Gasteiger partial charge in [0.2, 0.25) is 5.91 Å². The van der Waals surface area contributed by atoms with E-state index in [1.165, 1.54) is 12.7 Å². The quantitative estimate of drug-likeness (QED) is 0.309. The van der Waals surface area contributed by atoms with Crippen LogP contribution in [0.2, 0.25) is 10.0 Å². The number of ether oxygens (including phenoxy) is 3. The van der Waals surface area contributed by atoms with Crippen LogP contribution in [0.1, 0.15) is 39.2 Å². The van der Waals surface area contributed by atoms with Gasteiger partial charge < -0.3 is 35.6 Å². The molecule has 3 aromatic rings. The highest BCUT2D eigenvalue weighted by Crippen LogP contribution is 2.34. The number of fused-ring (bicyclic) bond motifs is 1. The zero-order valence-corrected chi connectivity index (χ0v) is 22.4. The zero-order valence-electron chi connectivity index (χ0n) is 20.9. The molecule has 15 heteroatoms. The molecule has 2 aromatic heterocycles. The van der Waals surface area contributed by atoms with E-state index < -0.39 is 29.7 Å². The molecule has 1 aromatic carbocycles. The molecule has 13 nitrogen and oxygen atoms in total. The van der Waals surface area contributed by atoms with Crippen molar-refractivity contribution in [2.45, 2.75) is 51.8 Å². The largest absolute Gasteiger partial charge is 0.493 e. The molecule has 0 spiro atoms. The number of nitrogens with one attached hydrogen (secondary N) is 1. The van der Waals surface area contributed by atoms with E-state index in [1.807, 2.05) is 0 Å². The molecule has 0 fully saturated rings. The molecule has 0 saturated heterocycles. The summed E-state index contributed by atoms with van der Waals surface area (Å²) in [6.45, 7) is 5.46. The van der Waals surface area contributed by atoms with Gasteiger partial charge in [0.15, 0.2) is 11.2 Å². The lowest BCUT2D eigenvalue weighted by molar-refractivity contribution is -0.120. The summed E-state index contributed by atoms with van der Waals surface area (Å²) in [5, 5.41) is 3.04. The highest BCUT2D eigenvalue weighted by Gasteiger charge is 2.23. The van der Waals surface area contributed by atoms with Crippen LogP contribution in [0.4, 0.5) is 9.59 Å². The number of carbonyl (C=O) groups is 3. The van der Waals surface area contributed by atoms with Crippen LogP contribution in [0.15, 0.2) is 24.8 Å². The Kier molecular flexibility index (Phi) is 9.17. The number of carbonyl (C=O) groups excluding carboxylic acids is 3. The number of primary amides is 2. The molecule has 5 N–H and O–H groups in total. The van der Waals surface area contributed by atoms with Gasteiger partial charge in [0, 0.05) is 5.56 Å². The number of rotatable bonds is 10. The van der Waals surface area contributed by atoms with Crippen molar-refractivity contribution >= 4 is 52.5 Å². The topological polar surface area (TPSA) is 187 Å². The molecule has 0 saturated carbocycles. The summed E-state index contributed by atoms with van der Waals surface area (Å²) >= 11 is 12.7. The number of benzene rings is 1. The summed E-state index contributed by atoms with van der Waals surface area (Å²) in [7, 11) is 0. The average Bonchev–Trinajstić information content (AvgIpc) is 3.22. The first-order chi connectivity index (χ1) is 17.9. The Morgan fingerprint density at radius 1 is 1.13 bits per heavy atom. The van der Waals surface area contributed by atoms with Crippen LogP contribution in [-0.4, -0.2) is 55.9 Å². The predicted octanol–water partition coefficient (Wildman–Crippen LogP) is 3.18. The molecule has 0 bridgehead atoms. The maximum atomic E-state index is 12.0. The van der Waals surface area contributed by atoms with E-state index in [0.717, 1.165) is 0 Å². The van der Waals surface area contributed by atoms with Crippen LogP contribution in [0.5, 0.6) is 11.6 Å². The summed E-state index contributed by atoms with van der Waals surface area (Å²) < 4.78 is 17.6. The fraction of sp³-hybridized carbons (Fsp3) is 0.391. The fourth-order valence-corrected chi connectivity index (χ4v) is 3.77. The van der Waals surface area contributed by atoms with Gasteiger partial charge in [-0.25, -0.2) is 19.6 Å². The lowest BCUT2D eigenvalue weighted by atomic mass is 10.1. The van der Waals surface area contributed by atoms with E-state index in [1.54, 1.807) is 37.5 Å². The molecule has 38 heavy (non-hydrogen) atoms. The van der Waals surface area contributed by atoms with E-state index in [4.69, 9.17) is 48.9 Å². The molecule has 0 aliphatic heterocycles. The molecule has 3 amide bonds. The van der Waals surface area contributed by atoms with Crippen molar-refractivity contribution in [2.75, 3.05) is 6.61 Å². The summed E-state index contributed by atoms with van der Waals surface area (Å²) in [6.07, 6.45) is 1.49. The fourth-order valence-electron chi connectivity index (χ4n) is 3.38. The molecule has 2 heterocycles. The number of imidazole rings is 1. The SMILES string of the molecule is CC(C)(C)OC(=O)NC(CCCOc1ccc(Cl)c(Cl)c1Cn1cnc2c(OC(N)=O)ncnc21)C(N)=O. The zero-order chi connectivity index (χ0) is 28.0. The van der Waals surface area contributed by atoms with Crippen LogP contribution in [-0.2, 0) is 16.1 Å². The minimum atomic E-state index is -1.03. The maximum absolute atomic E-state index is 12.0. The number of nitrogens with zero attached hydrogens (tertiary/aromatic N) is 4. The van der Waals surface area contributed by atoms with Crippen molar-refractivity contribution in [3.63, 3.8) is 0 Å². The molecular weight excluding hydrogens is 541 g/mol. The number of alkyl carbamates (subject to hydrolysis) is 1. The third-order valence-electron chi connectivity index (χ3n) is 4.98. The Balaban J connectivity index is 1.71. The Hall–Kier alpha value is -3.84. The van der Waals surface area contributed by atoms with Gasteiger partial charge in [0.05, 0.1) is 29.5 Å². The van der Waals surface area contributed by atoms with Crippen LogP contribution < -0.4 is 26.3 Å². The van der Waals surface area contributed by atoms with Gasteiger partial charge in [-0.15, -0.1) is 0 Å². The van der Waals surface area contributed by atoms with Crippen molar-refractivity contribution in [3.8, 4) is 11.6 Å². The van der Waals surface area contributed by atoms with Crippen molar-refractivity contribution in [1.82, 2.24) is 24.8 Å². The first-order valence-corrected chi connectivity index (χ1v) is 12.1. The van der Waals surface area contributed by atoms with Gasteiger partial charge in [0.25, 0.3) is 5.88 Å². The van der Waals surface area contributed by atoms with Crippen LogP contribution >= 0.6 is 23.2 Å². The first-order valence-electron chi connectivity index (χ1n) is 11.4. The van der Waals surface area contributed by atoms with E-state index in [2.05, 4.69) is 20.3 Å². The summed E-state index contributed by atoms with van der Waals surface area (Å²) in [4.78, 5) is 47.2. The summed E-state index contributed by atoms with van der Waals surface area (Å²) in [6, 6.07) is 2.31. The maximum Gasteiger partial charge on any atom is 0.411 e. The molecule has 0 radical (unpaired) electrons. The Labute approximate surface area is 227 Å². The number of amides is 3. The smallest absolute Gasteiger partial charge is 0.411 e. The van der Waals surface area contributed by atoms with Crippen molar-refractivity contribution in [3.05, 3.63) is 40.4 Å². The van der Waals surface area contributed by atoms with Crippen LogP contribution in [0.3, 0.4) is 0 Å². The van der Waals surface area contributed by atoms with Crippen molar-refractivity contribution in [1.29, 1.82) is 0 Å². The number of aromatic nitrogens is 4. The molecule has 0 aliphatic carbocycles. The first kappa shape index (κ1) is 28.7. The third-order valence-corrected chi connectivity index (χ3v) is 5.82. The molecule has 0 aliphatic rings. The molecule has 204 valence electrons. The number of nitrogens with two attached hydrogens (primary N) is 2. The van der Waals surface area contributed by atoms with E-state index >= 15 is 0 Å². The second-order valence-electron chi connectivity index (χ2n) is 9.07. The van der Waals surface area contributed by atoms with Gasteiger partial charge >= 0.3 is 12.2 Å². The second kappa shape index (κ2) is 12.1. The highest BCUT2D eigenvalue weighted by molar-refractivity contribution is 6.42. The van der Waals surface area contributed by atoms with Crippen LogP contribution in [0.25, 0.3) is 11.2 Å². The number of halogens is 2. The van der Waals surface area contributed by atoms with Gasteiger partial charge in [0.1, 0.15) is 23.7 Å². The summed E-state index contributed by atoms with van der Waals surface area (Å²) in [5.74, 6) is -0.349. The normalized spacial score (nSPS) is 12.1. The van der Waals surface area contributed by atoms with Gasteiger partial charge in [-0.2, -0.15) is 4.98 Å². The summed E-state index contributed by atoms with van der Waals surface area (Å²) in [5.41, 5.74) is 10.9. The Morgan fingerprint density at radius 3 is 2.53 bits per heavy atom. The molecule has 1 unspecified atom stereocenters. The lowest BCUT2D eigenvalue weighted by Gasteiger charge is -2.22. The van der Waals surface area contributed by atoms with E-state index in [9.17, 15) is 14.4 Å². The van der Waals surface area contributed by atoms with Crippen molar-refractivity contribution < 1.29 is 28.6 Å². The average molecular weight is 568 g/mol. The predicted molar refractivity (Wildman–Crippen MR) is 138 cm³/mol. The monoisotopic (exact) mass is 567 g/mol. The number of hydrogen-bond acceptors (Lipinski definition) is 9. The third kappa shape index (κ3) is 7.59. The second-order valence-corrected chi connectivity index (χ2v) is 9.86. The van der Waals surface area contributed by atoms with Gasteiger partial charge in [-0.3, -0.25) is 4.79 Å². The minimum Gasteiger partial charge on any atom is -0.493 e. The highest BCUT2D eigenvalue weighted by atomic mass is 35.5. The minimum absolute atomic E-state index is 0.0843. The standard InChI is InChI=1S/C23H27Cl2N7O6/c1-23(2,3)38-22(35)31-14(18(26)33)5-4-8-36-15-7-6-13(24)16(25)12(15)9-32-11-30-17-19(32)28-10-29-20(17)37-21(27)34/h6-7,10-11,14H,4-5,8-9H2,1-3H3,(H2,26,33)(H2,27,34)(H,31,35). The molecular formula is C23H27Cl2N7O6. The number of hydrogen-bond donors (Lipinski definition) is 3. The lowest BCUT2D eigenvalue weighted by Crippen LogP contribution is -2.46. The van der Waals surface area contributed by atoms with Gasteiger partial charge in [-0.05, 0) is 45.7 Å². The van der Waals surface area contributed by atoms with Crippen molar-refractivity contribution in [2.24, 2.45) is 11.5 Å². The molecule has 3 rings (SSSR count). The Bertz CT molecular complexity index is 1340. The Morgan fingerprint density at radius 2 is 1.87 bits per heavy atom.